The first-order valence-electron chi connectivity index (χ1n) is 16.8. The maximum absolute atomic E-state index is 6.78. The Morgan fingerprint density at radius 2 is 0.940 bits per heavy atom. The van der Waals surface area contributed by atoms with E-state index >= 15 is 0 Å². The first kappa shape index (κ1) is 28.3. The maximum atomic E-state index is 6.78. The van der Waals surface area contributed by atoms with Gasteiger partial charge in [0, 0.05) is 38.2 Å². The Bertz CT molecular complexity index is 2800. The third-order valence-electron chi connectivity index (χ3n) is 9.65. The van der Waals surface area contributed by atoms with Crippen LogP contribution in [0.4, 0.5) is 0 Å². The molecular formula is C46H29N3O. The molecule has 0 aliphatic rings. The van der Waals surface area contributed by atoms with E-state index in [-0.39, 0.29) is 0 Å². The summed E-state index contributed by atoms with van der Waals surface area (Å²) in [7, 11) is 0. The monoisotopic (exact) mass is 639 g/mol. The number of hydrogen-bond acceptors (Lipinski definition) is 3. The lowest BCUT2D eigenvalue weighted by Gasteiger charge is -2.11. The largest absolute Gasteiger partial charge is 0.454 e. The molecule has 4 heteroatoms. The summed E-state index contributed by atoms with van der Waals surface area (Å²) in [6.07, 6.45) is 0. The lowest BCUT2D eigenvalue weighted by molar-refractivity contribution is 0.666. The van der Waals surface area contributed by atoms with Gasteiger partial charge in [0.15, 0.2) is 11.4 Å². The molecular weight excluding hydrogens is 611 g/mol. The van der Waals surface area contributed by atoms with Crippen LogP contribution in [0.2, 0.25) is 0 Å². The van der Waals surface area contributed by atoms with Crippen LogP contribution in [-0.4, -0.2) is 14.5 Å². The van der Waals surface area contributed by atoms with Crippen LogP contribution < -0.4 is 0 Å². The highest BCUT2D eigenvalue weighted by molar-refractivity contribution is 6.15. The quantitative estimate of drug-likeness (QED) is 0.188. The smallest absolute Gasteiger partial charge is 0.161 e. The normalized spacial score (nSPS) is 11.6. The summed E-state index contributed by atoms with van der Waals surface area (Å²) in [6, 6.07) is 61.2. The molecule has 0 aliphatic heterocycles. The molecule has 0 fully saturated rings. The molecule has 7 aromatic carbocycles. The molecule has 0 aliphatic carbocycles. The van der Waals surface area contributed by atoms with Gasteiger partial charge in [-0.15, -0.1) is 0 Å². The zero-order chi connectivity index (χ0) is 33.0. The molecule has 10 aromatic rings. The number of para-hydroxylation sites is 3. The molecule has 0 amide bonds. The van der Waals surface area contributed by atoms with E-state index in [0.29, 0.717) is 5.82 Å². The number of rotatable bonds is 5. The van der Waals surface area contributed by atoms with Crippen molar-refractivity contribution in [2.75, 3.05) is 0 Å². The van der Waals surface area contributed by atoms with Crippen molar-refractivity contribution in [3.05, 3.63) is 176 Å². The molecule has 0 unspecified atom stereocenters. The number of nitrogens with zero attached hydrogens (tertiary/aromatic N) is 3. The number of furan rings is 1. The molecule has 0 atom stereocenters. The Hall–Kier alpha value is -6.78. The minimum atomic E-state index is 0.657. The lowest BCUT2D eigenvalue weighted by Crippen LogP contribution is -1.96. The molecule has 4 nitrogen and oxygen atoms in total. The molecule has 0 spiro atoms. The highest BCUT2D eigenvalue weighted by Crippen LogP contribution is 2.41. The molecule has 0 radical (unpaired) electrons. The minimum Gasteiger partial charge on any atom is -0.454 e. The van der Waals surface area contributed by atoms with E-state index in [1.807, 2.05) is 36.4 Å². The van der Waals surface area contributed by atoms with Crippen LogP contribution in [0.3, 0.4) is 0 Å². The van der Waals surface area contributed by atoms with Gasteiger partial charge in [-0.25, -0.2) is 9.97 Å². The van der Waals surface area contributed by atoms with E-state index in [2.05, 4.69) is 144 Å². The zero-order valence-corrected chi connectivity index (χ0v) is 27.0. The van der Waals surface area contributed by atoms with Crippen LogP contribution in [0.5, 0.6) is 0 Å². The molecule has 3 aromatic heterocycles. The van der Waals surface area contributed by atoms with Crippen LogP contribution >= 0.6 is 0 Å². The summed E-state index contributed by atoms with van der Waals surface area (Å²) >= 11 is 0. The van der Waals surface area contributed by atoms with Gasteiger partial charge in [0.05, 0.1) is 28.1 Å². The summed E-state index contributed by atoms with van der Waals surface area (Å²) in [5, 5.41) is 4.46. The van der Waals surface area contributed by atoms with Gasteiger partial charge in [-0.1, -0.05) is 146 Å². The van der Waals surface area contributed by atoms with Gasteiger partial charge >= 0.3 is 0 Å². The molecule has 10 rings (SSSR count). The standard InChI is InChI=1S/C46H29N3O/c1-3-13-30(14-4-1)31-25-27-33(28-26-31)39-29-38(32-15-5-2-6-16-32)47-46(48-39)37-20-12-24-43-44(37)36-19-11-23-42(45(36)50-43)49-40-21-9-7-17-34(40)35-18-8-10-22-41(35)49/h1-29H. The average Bonchev–Trinajstić information content (AvgIpc) is 3.75. The molecule has 234 valence electrons. The average molecular weight is 640 g/mol. The van der Waals surface area contributed by atoms with Gasteiger partial charge in [-0.3, -0.25) is 0 Å². The first-order chi connectivity index (χ1) is 24.8. The molecule has 50 heavy (non-hydrogen) atoms. The maximum Gasteiger partial charge on any atom is 0.161 e. The van der Waals surface area contributed by atoms with Crippen molar-refractivity contribution >= 4 is 43.7 Å². The van der Waals surface area contributed by atoms with E-state index in [4.69, 9.17) is 14.4 Å². The van der Waals surface area contributed by atoms with Crippen molar-refractivity contribution in [2.24, 2.45) is 0 Å². The van der Waals surface area contributed by atoms with E-state index < -0.39 is 0 Å². The second-order valence-electron chi connectivity index (χ2n) is 12.6. The van der Waals surface area contributed by atoms with Crippen molar-refractivity contribution < 1.29 is 4.42 Å². The van der Waals surface area contributed by atoms with Gasteiger partial charge in [0.25, 0.3) is 0 Å². The Kier molecular flexibility index (Phi) is 6.46. The number of benzene rings is 7. The number of fused-ring (bicyclic) bond motifs is 6. The highest BCUT2D eigenvalue weighted by Gasteiger charge is 2.21. The first-order valence-corrected chi connectivity index (χ1v) is 16.8. The lowest BCUT2D eigenvalue weighted by atomic mass is 10.0. The fourth-order valence-electron chi connectivity index (χ4n) is 7.31. The SMILES string of the molecule is c1ccc(-c2ccc(-c3cc(-c4ccccc4)nc(-c4cccc5oc6c(-n7c8ccccc8c8ccccc87)cccc6c45)n3)cc2)cc1. The van der Waals surface area contributed by atoms with Crippen molar-refractivity contribution in [1.29, 1.82) is 0 Å². The second kappa shape index (κ2) is 11.4. The van der Waals surface area contributed by atoms with Crippen LogP contribution in [0, 0.1) is 0 Å². The van der Waals surface area contributed by atoms with E-state index in [1.54, 1.807) is 0 Å². The Labute approximate surface area is 288 Å². The van der Waals surface area contributed by atoms with E-state index in [9.17, 15) is 0 Å². The van der Waals surface area contributed by atoms with Gasteiger partial charge in [-0.2, -0.15) is 0 Å². The van der Waals surface area contributed by atoms with Crippen molar-refractivity contribution in [1.82, 2.24) is 14.5 Å². The third kappa shape index (κ3) is 4.54. The predicted molar refractivity (Wildman–Crippen MR) is 205 cm³/mol. The predicted octanol–water partition coefficient (Wildman–Crippen LogP) is 12.1. The summed E-state index contributed by atoms with van der Waals surface area (Å²) in [5.74, 6) is 0.657. The third-order valence-corrected chi connectivity index (χ3v) is 9.65. The second-order valence-corrected chi connectivity index (χ2v) is 12.6. The fourth-order valence-corrected chi connectivity index (χ4v) is 7.31. The highest BCUT2D eigenvalue weighted by atomic mass is 16.3. The van der Waals surface area contributed by atoms with E-state index in [0.717, 1.165) is 66.7 Å². The number of hydrogen-bond donors (Lipinski definition) is 0. The molecule has 0 N–H and O–H groups in total. The van der Waals surface area contributed by atoms with Gasteiger partial charge < -0.3 is 8.98 Å². The van der Waals surface area contributed by atoms with Gasteiger partial charge in [0.1, 0.15) is 5.58 Å². The summed E-state index contributed by atoms with van der Waals surface area (Å²) < 4.78 is 9.09. The minimum absolute atomic E-state index is 0.657. The fraction of sp³-hybridized carbons (Fsp3) is 0. The van der Waals surface area contributed by atoms with Crippen LogP contribution in [0.15, 0.2) is 180 Å². The Balaban J connectivity index is 1.19. The van der Waals surface area contributed by atoms with Gasteiger partial charge in [0.2, 0.25) is 0 Å². The molecule has 0 bridgehead atoms. The molecule has 3 heterocycles. The van der Waals surface area contributed by atoms with Crippen LogP contribution in [0.1, 0.15) is 0 Å². The Morgan fingerprint density at radius 3 is 1.62 bits per heavy atom. The number of aromatic nitrogens is 3. The van der Waals surface area contributed by atoms with Gasteiger partial charge in [-0.05, 0) is 41.5 Å². The topological polar surface area (TPSA) is 43.9 Å². The van der Waals surface area contributed by atoms with Crippen molar-refractivity contribution in [2.45, 2.75) is 0 Å². The van der Waals surface area contributed by atoms with Crippen LogP contribution in [-0.2, 0) is 0 Å². The summed E-state index contributed by atoms with van der Waals surface area (Å²) in [5.41, 5.74) is 12.0. The summed E-state index contributed by atoms with van der Waals surface area (Å²) in [4.78, 5) is 10.4. The summed E-state index contributed by atoms with van der Waals surface area (Å²) in [6.45, 7) is 0. The van der Waals surface area contributed by atoms with Crippen molar-refractivity contribution in [3.8, 4) is 50.7 Å². The Morgan fingerprint density at radius 1 is 0.420 bits per heavy atom. The van der Waals surface area contributed by atoms with Crippen molar-refractivity contribution in [3.63, 3.8) is 0 Å². The van der Waals surface area contributed by atoms with E-state index in [1.165, 1.54) is 21.9 Å². The molecule has 0 saturated carbocycles. The van der Waals surface area contributed by atoms with Crippen LogP contribution in [0.25, 0.3) is 94.5 Å². The zero-order valence-electron chi connectivity index (χ0n) is 27.0. The molecule has 0 saturated heterocycles.